The number of aromatic nitrogens is 4. The van der Waals surface area contributed by atoms with E-state index in [0.717, 1.165) is 10.1 Å². The van der Waals surface area contributed by atoms with E-state index in [1.54, 1.807) is 19.2 Å². The van der Waals surface area contributed by atoms with Gasteiger partial charge in [0.1, 0.15) is 11.6 Å². The molecule has 1 fully saturated rings. The molecule has 1 aliphatic heterocycles. The molecule has 8 nitrogen and oxygen atoms in total. The van der Waals surface area contributed by atoms with Gasteiger partial charge in [-0.25, -0.2) is 14.2 Å². The fourth-order valence-electron chi connectivity index (χ4n) is 4.63. The second kappa shape index (κ2) is 9.31. The number of benzene rings is 2. The van der Waals surface area contributed by atoms with Crippen LogP contribution in [0.3, 0.4) is 0 Å². The van der Waals surface area contributed by atoms with Gasteiger partial charge in [-0.15, -0.1) is 0 Å². The zero-order valence-corrected chi connectivity index (χ0v) is 20.4. The Balaban J connectivity index is 1.49. The van der Waals surface area contributed by atoms with E-state index < -0.39 is 11.2 Å². The van der Waals surface area contributed by atoms with Gasteiger partial charge in [0, 0.05) is 45.3 Å². The summed E-state index contributed by atoms with van der Waals surface area (Å²) in [4.78, 5) is 34.7. The number of nitrogens with zero attached hydrogens (tertiary/aromatic N) is 6. The summed E-state index contributed by atoms with van der Waals surface area (Å²) >= 11 is 6.43. The lowest BCUT2D eigenvalue weighted by atomic mass is 10.2. The molecule has 0 bridgehead atoms. The van der Waals surface area contributed by atoms with Crippen molar-refractivity contribution in [2.75, 3.05) is 31.1 Å². The molecule has 0 amide bonds. The van der Waals surface area contributed by atoms with Crippen LogP contribution in [0.1, 0.15) is 11.4 Å². The Hall–Kier alpha value is -3.43. The summed E-state index contributed by atoms with van der Waals surface area (Å²) in [7, 11) is 3.09. The minimum absolute atomic E-state index is 0.223. The Bertz CT molecular complexity index is 1520. The van der Waals surface area contributed by atoms with E-state index in [-0.39, 0.29) is 5.82 Å². The fraction of sp³-hybridized carbons (Fsp3) is 0.320. The Morgan fingerprint density at radius 1 is 0.914 bits per heavy atom. The van der Waals surface area contributed by atoms with Crippen LogP contribution in [0.2, 0.25) is 5.02 Å². The summed E-state index contributed by atoms with van der Waals surface area (Å²) in [5.74, 6) is 0.455. The number of aryl methyl sites for hydroxylation is 1. The zero-order chi connectivity index (χ0) is 24.7. The number of rotatable bonds is 5. The maximum Gasteiger partial charge on any atom is 0.332 e. The maximum atomic E-state index is 14.2. The summed E-state index contributed by atoms with van der Waals surface area (Å²) in [6.07, 6.45) is 0. The number of hydrogen-bond acceptors (Lipinski definition) is 5. The van der Waals surface area contributed by atoms with E-state index in [1.807, 2.05) is 39.8 Å². The van der Waals surface area contributed by atoms with Gasteiger partial charge in [0.25, 0.3) is 5.56 Å². The summed E-state index contributed by atoms with van der Waals surface area (Å²) < 4.78 is 18.6. The van der Waals surface area contributed by atoms with Crippen molar-refractivity contribution in [3.63, 3.8) is 0 Å². The number of fused-ring (bicyclic) bond motifs is 1. The van der Waals surface area contributed by atoms with Crippen LogP contribution in [0.15, 0.2) is 58.1 Å². The van der Waals surface area contributed by atoms with Crippen LogP contribution in [0, 0.1) is 5.82 Å². The topological polar surface area (TPSA) is 68.3 Å². The van der Waals surface area contributed by atoms with Gasteiger partial charge in [0.05, 0.1) is 18.8 Å². The van der Waals surface area contributed by atoms with Crippen molar-refractivity contribution in [3.8, 4) is 0 Å². The average molecular weight is 497 g/mol. The number of anilines is 1. The number of hydrogen-bond donors (Lipinski definition) is 0. The first-order valence-corrected chi connectivity index (χ1v) is 11.8. The largest absolute Gasteiger partial charge is 0.367 e. The lowest BCUT2D eigenvalue weighted by Gasteiger charge is -2.36. The molecule has 10 heteroatoms. The Morgan fingerprint density at radius 3 is 2.31 bits per heavy atom. The normalized spacial score (nSPS) is 14.7. The van der Waals surface area contributed by atoms with E-state index in [2.05, 4.69) is 4.90 Å². The molecule has 0 N–H and O–H groups in total. The first kappa shape index (κ1) is 23.3. The SMILES string of the molecule is Cn1c(=O)c2c(nc(CN3CCN(c4ccccc4F)CC3)n2Cc2ccccc2Cl)n(C)c1=O. The first-order chi connectivity index (χ1) is 16.8. The standard InChI is InChI=1S/C25H26ClFN6O2/c1-29-23-22(24(34)30(2)25(29)35)33(15-17-7-3-4-8-18(17)26)21(28-23)16-31-11-13-32(14-12-31)20-10-6-5-9-19(20)27/h3-10H,11-16H2,1-2H3. The second-order valence-corrected chi connectivity index (χ2v) is 9.21. The van der Waals surface area contributed by atoms with Crippen molar-refractivity contribution in [2.24, 2.45) is 14.1 Å². The number of piperazine rings is 1. The van der Waals surface area contributed by atoms with E-state index in [9.17, 15) is 14.0 Å². The third-order valence-electron chi connectivity index (χ3n) is 6.64. The van der Waals surface area contributed by atoms with Gasteiger partial charge in [-0.05, 0) is 23.8 Å². The number of para-hydroxylation sites is 1. The molecule has 35 heavy (non-hydrogen) atoms. The van der Waals surface area contributed by atoms with Gasteiger partial charge in [0.2, 0.25) is 0 Å². The zero-order valence-electron chi connectivity index (χ0n) is 19.6. The lowest BCUT2D eigenvalue weighted by molar-refractivity contribution is 0.241. The highest BCUT2D eigenvalue weighted by Crippen LogP contribution is 2.23. The van der Waals surface area contributed by atoms with Crippen LogP contribution in [-0.2, 0) is 27.2 Å². The van der Waals surface area contributed by atoms with Gasteiger partial charge in [0.15, 0.2) is 11.2 Å². The molecule has 4 aromatic rings. The predicted molar refractivity (Wildman–Crippen MR) is 135 cm³/mol. The molecule has 0 saturated carbocycles. The van der Waals surface area contributed by atoms with E-state index in [4.69, 9.17) is 16.6 Å². The summed E-state index contributed by atoms with van der Waals surface area (Å²) in [5, 5.41) is 0.598. The van der Waals surface area contributed by atoms with Gasteiger partial charge >= 0.3 is 5.69 Å². The molecule has 1 saturated heterocycles. The van der Waals surface area contributed by atoms with Crippen LogP contribution in [0.4, 0.5) is 10.1 Å². The van der Waals surface area contributed by atoms with Gasteiger partial charge in [-0.2, -0.15) is 0 Å². The molecule has 182 valence electrons. The predicted octanol–water partition coefficient (Wildman–Crippen LogP) is 2.60. The van der Waals surface area contributed by atoms with Crippen molar-refractivity contribution in [1.29, 1.82) is 0 Å². The van der Waals surface area contributed by atoms with Crippen LogP contribution in [0.25, 0.3) is 11.2 Å². The monoisotopic (exact) mass is 496 g/mol. The summed E-state index contributed by atoms with van der Waals surface area (Å²) in [6, 6.07) is 14.3. The van der Waals surface area contributed by atoms with E-state index in [0.29, 0.717) is 67.0 Å². The smallest absolute Gasteiger partial charge is 0.332 e. The van der Waals surface area contributed by atoms with Crippen LogP contribution >= 0.6 is 11.6 Å². The number of halogens is 2. The molecule has 0 spiro atoms. The molecule has 0 aliphatic carbocycles. The quantitative estimate of drug-likeness (QED) is 0.425. The van der Waals surface area contributed by atoms with Crippen molar-refractivity contribution in [1.82, 2.24) is 23.6 Å². The fourth-order valence-corrected chi connectivity index (χ4v) is 4.83. The third kappa shape index (κ3) is 4.26. The van der Waals surface area contributed by atoms with Crippen molar-refractivity contribution in [2.45, 2.75) is 13.1 Å². The summed E-state index contributed by atoms with van der Waals surface area (Å²) in [5.41, 5.74) is 1.37. The Labute approximate surface area is 206 Å². The second-order valence-electron chi connectivity index (χ2n) is 8.80. The molecule has 0 unspecified atom stereocenters. The Kier molecular flexibility index (Phi) is 6.21. The highest BCUT2D eigenvalue weighted by atomic mass is 35.5. The summed E-state index contributed by atoms with van der Waals surface area (Å²) in [6.45, 7) is 3.61. The van der Waals surface area contributed by atoms with Crippen molar-refractivity contribution >= 4 is 28.5 Å². The molecule has 0 atom stereocenters. The molecule has 2 aromatic carbocycles. The third-order valence-corrected chi connectivity index (χ3v) is 7.01. The van der Waals surface area contributed by atoms with Crippen molar-refractivity contribution in [3.05, 3.63) is 91.6 Å². The first-order valence-electron chi connectivity index (χ1n) is 11.5. The molecule has 3 heterocycles. The Morgan fingerprint density at radius 2 is 1.60 bits per heavy atom. The minimum atomic E-state index is -0.421. The van der Waals surface area contributed by atoms with Crippen LogP contribution < -0.4 is 16.1 Å². The van der Waals surface area contributed by atoms with Crippen LogP contribution in [0.5, 0.6) is 0 Å². The highest BCUT2D eigenvalue weighted by molar-refractivity contribution is 6.31. The molecule has 0 radical (unpaired) electrons. The van der Waals surface area contributed by atoms with Gasteiger partial charge in [-0.3, -0.25) is 18.8 Å². The minimum Gasteiger partial charge on any atom is -0.367 e. The average Bonchev–Trinajstić information content (AvgIpc) is 3.21. The highest BCUT2D eigenvalue weighted by Gasteiger charge is 2.24. The van der Waals surface area contributed by atoms with E-state index >= 15 is 0 Å². The van der Waals surface area contributed by atoms with E-state index in [1.165, 1.54) is 17.7 Å². The van der Waals surface area contributed by atoms with Gasteiger partial charge in [-0.1, -0.05) is 41.9 Å². The lowest BCUT2D eigenvalue weighted by Crippen LogP contribution is -2.46. The number of imidazole rings is 1. The molecule has 2 aromatic heterocycles. The maximum absolute atomic E-state index is 14.2. The molecular formula is C25H26ClFN6O2. The van der Waals surface area contributed by atoms with Gasteiger partial charge < -0.3 is 9.47 Å². The molecular weight excluding hydrogens is 471 g/mol. The molecule has 5 rings (SSSR count). The van der Waals surface area contributed by atoms with Crippen molar-refractivity contribution < 1.29 is 4.39 Å². The molecule has 1 aliphatic rings. The van der Waals surface area contributed by atoms with Crippen LogP contribution in [-0.4, -0.2) is 49.8 Å².